The van der Waals surface area contributed by atoms with Gasteiger partial charge in [-0.1, -0.05) is 0 Å². The Morgan fingerprint density at radius 1 is 1.11 bits per heavy atom. The molecule has 1 atom stereocenters. The fraction of sp³-hybridized carbons (Fsp3) is 1.00. The highest BCUT2D eigenvalue weighted by atomic mass is 15.1. The van der Waals surface area contributed by atoms with Gasteiger partial charge in [0.1, 0.15) is 0 Å². The summed E-state index contributed by atoms with van der Waals surface area (Å²) in [4.78, 5) is 4.02. The van der Waals surface area contributed by atoms with Crippen molar-refractivity contribution in [2.24, 2.45) is 0 Å². The minimum atomic E-state index is -0.0533. The van der Waals surface area contributed by atoms with Gasteiger partial charge in [0.25, 0.3) is 0 Å². The summed E-state index contributed by atoms with van der Waals surface area (Å²) in [5, 5.41) is 0. The van der Waals surface area contributed by atoms with Gasteiger partial charge in [0.2, 0.25) is 0 Å². The lowest BCUT2D eigenvalue weighted by atomic mass is 10.4. The third-order valence-electron chi connectivity index (χ3n) is 1.07. The smallest absolute Gasteiger partial charge is 0.0431 e. The summed E-state index contributed by atoms with van der Waals surface area (Å²) in [6.07, 6.45) is 0.917. The predicted molar refractivity (Wildman–Crippen MR) is 41.7 cm³/mol. The van der Waals surface area contributed by atoms with Crippen molar-refractivity contribution in [2.75, 3.05) is 41.3 Å². The molecule has 2 heteroatoms. The zero-order valence-electron chi connectivity index (χ0n) is 7.89. The van der Waals surface area contributed by atoms with Crippen molar-refractivity contribution in [2.45, 2.75) is 6.42 Å². The molecule has 0 aliphatic heterocycles. The van der Waals surface area contributed by atoms with Crippen LogP contribution in [0.2, 0.25) is 0 Å². The van der Waals surface area contributed by atoms with Gasteiger partial charge in [-0.25, -0.2) is 0 Å². The van der Waals surface area contributed by atoms with E-state index in [0.29, 0.717) is 0 Å². The van der Waals surface area contributed by atoms with Crippen molar-refractivity contribution >= 4 is 0 Å². The van der Waals surface area contributed by atoms with E-state index >= 15 is 0 Å². The highest BCUT2D eigenvalue weighted by Crippen LogP contribution is 1.84. The third kappa shape index (κ3) is 7.92. The van der Waals surface area contributed by atoms with Crippen LogP contribution in [0.25, 0.3) is 0 Å². The average molecular weight is 131 g/mol. The lowest BCUT2D eigenvalue weighted by Crippen LogP contribution is -2.20. The third-order valence-corrected chi connectivity index (χ3v) is 1.07. The molecular formula is C7H18N2. The first-order chi connectivity index (χ1) is 4.54. The van der Waals surface area contributed by atoms with E-state index in [1.54, 1.807) is 0 Å². The van der Waals surface area contributed by atoms with Gasteiger partial charge < -0.3 is 9.80 Å². The Morgan fingerprint density at radius 3 is 2.00 bits per heavy atom. The molecule has 0 heterocycles. The van der Waals surface area contributed by atoms with E-state index in [2.05, 4.69) is 4.90 Å². The Morgan fingerprint density at radius 2 is 1.67 bits per heavy atom. The zero-order valence-corrected chi connectivity index (χ0v) is 6.89. The van der Waals surface area contributed by atoms with E-state index in [4.69, 9.17) is 1.37 Å². The highest BCUT2D eigenvalue weighted by molar-refractivity contribution is 4.47. The van der Waals surface area contributed by atoms with E-state index in [1.165, 1.54) is 0 Å². The molecule has 0 N–H and O–H groups in total. The molecular weight excluding hydrogens is 112 g/mol. The van der Waals surface area contributed by atoms with Crippen LogP contribution < -0.4 is 0 Å². The van der Waals surface area contributed by atoms with Crippen LogP contribution in [0.1, 0.15) is 7.79 Å². The summed E-state index contributed by atoms with van der Waals surface area (Å²) in [5.74, 6) is 0. The molecule has 0 saturated carbocycles. The molecule has 0 aromatic carbocycles. The molecule has 0 aliphatic rings. The molecule has 2 nitrogen and oxygen atoms in total. The second-order valence-corrected chi connectivity index (χ2v) is 2.74. The van der Waals surface area contributed by atoms with Gasteiger partial charge in [-0.15, -0.1) is 0 Å². The van der Waals surface area contributed by atoms with Gasteiger partial charge in [0, 0.05) is 1.37 Å². The predicted octanol–water partition coefficient (Wildman–Crippen LogP) is 0.500. The minimum absolute atomic E-state index is 0.0533. The van der Waals surface area contributed by atoms with Crippen molar-refractivity contribution in [3.8, 4) is 0 Å². The molecule has 56 valence electrons. The molecule has 9 heavy (non-hydrogen) atoms. The summed E-state index contributed by atoms with van der Waals surface area (Å²) in [6, 6.07) is 0. The van der Waals surface area contributed by atoms with Gasteiger partial charge in [-0.05, 0) is 47.7 Å². The van der Waals surface area contributed by atoms with Crippen LogP contribution in [-0.2, 0) is 0 Å². The summed E-state index contributed by atoms with van der Waals surface area (Å²) in [5.41, 5.74) is 0. The highest BCUT2D eigenvalue weighted by Gasteiger charge is 1.90. The molecule has 0 aliphatic carbocycles. The minimum Gasteiger partial charge on any atom is -0.309 e. The lowest BCUT2D eigenvalue weighted by molar-refractivity contribution is 0.340. The van der Waals surface area contributed by atoms with Gasteiger partial charge >= 0.3 is 0 Å². The quantitative estimate of drug-likeness (QED) is 0.548. The second kappa shape index (κ2) is 4.77. The normalized spacial score (nSPS) is 16.4. The van der Waals surface area contributed by atoms with Crippen molar-refractivity contribution < 1.29 is 1.37 Å². The van der Waals surface area contributed by atoms with Crippen LogP contribution in [0, 0.1) is 0 Å². The Bertz CT molecular complexity index is 83.7. The van der Waals surface area contributed by atoms with Crippen molar-refractivity contribution in [1.82, 2.24) is 9.80 Å². The lowest BCUT2D eigenvalue weighted by Gasteiger charge is -2.12. The van der Waals surface area contributed by atoms with Crippen LogP contribution >= 0.6 is 0 Å². The molecule has 0 fully saturated rings. The number of rotatable bonds is 4. The number of hydrogen-bond donors (Lipinski definition) is 0. The van der Waals surface area contributed by atoms with E-state index in [9.17, 15) is 0 Å². The van der Waals surface area contributed by atoms with Crippen molar-refractivity contribution in [1.29, 1.82) is 0 Å². The molecule has 0 spiro atoms. The topological polar surface area (TPSA) is 6.48 Å². The van der Waals surface area contributed by atoms with Gasteiger partial charge in [0.05, 0.1) is 0 Å². The SMILES string of the molecule is [2H]C(CCN(C)C)N(C)C. The average Bonchev–Trinajstić information content (AvgIpc) is 1.82. The molecule has 0 rings (SSSR count). The fourth-order valence-corrected chi connectivity index (χ4v) is 0.574. The zero-order chi connectivity index (χ0) is 8.15. The standard InChI is InChI=1S/C7H18N2/c1-8(2)6-5-7-9(3)4/h5-7H2,1-4H3/i6D. The Kier molecular flexibility index (Phi) is 3.72. The summed E-state index contributed by atoms with van der Waals surface area (Å²) >= 11 is 0. The Hall–Kier alpha value is -0.0800. The van der Waals surface area contributed by atoms with Crippen LogP contribution in [0.3, 0.4) is 0 Å². The maximum absolute atomic E-state index is 7.52. The molecule has 0 aromatic heterocycles. The first-order valence-corrected chi connectivity index (χ1v) is 3.27. The fourth-order valence-electron chi connectivity index (χ4n) is 0.574. The largest absolute Gasteiger partial charge is 0.309 e. The monoisotopic (exact) mass is 131 g/mol. The Labute approximate surface area is 59.9 Å². The number of hydrogen-bond acceptors (Lipinski definition) is 2. The van der Waals surface area contributed by atoms with Gasteiger partial charge in [-0.3, -0.25) is 0 Å². The maximum Gasteiger partial charge on any atom is 0.0431 e. The molecule has 0 radical (unpaired) electrons. The summed E-state index contributed by atoms with van der Waals surface area (Å²) in [7, 11) is 7.94. The van der Waals surface area contributed by atoms with Crippen molar-refractivity contribution in [3.63, 3.8) is 0 Å². The summed E-state index contributed by atoms with van der Waals surface area (Å²) in [6.45, 7) is 0.939. The van der Waals surface area contributed by atoms with E-state index in [1.807, 2.05) is 33.1 Å². The summed E-state index contributed by atoms with van der Waals surface area (Å²) < 4.78 is 7.52. The molecule has 0 aromatic rings. The first-order valence-electron chi connectivity index (χ1n) is 3.85. The molecule has 0 amide bonds. The van der Waals surface area contributed by atoms with Crippen LogP contribution in [0.15, 0.2) is 0 Å². The van der Waals surface area contributed by atoms with E-state index in [0.717, 1.165) is 13.0 Å². The molecule has 0 bridgehead atoms. The molecule has 0 saturated heterocycles. The Balaban J connectivity index is 3.30. The maximum atomic E-state index is 7.52. The number of nitrogens with zero attached hydrogens (tertiary/aromatic N) is 2. The van der Waals surface area contributed by atoms with Crippen molar-refractivity contribution in [3.05, 3.63) is 0 Å². The second-order valence-electron chi connectivity index (χ2n) is 2.74. The van der Waals surface area contributed by atoms with Gasteiger partial charge in [0.15, 0.2) is 0 Å². The van der Waals surface area contributed by atoms with Crippen LogP contribution in [0.4, 0.5) is 0 Å². The van der Waals surface area contributed by atoms with Gasteiger partial charge in [-0.2, -0.15) is 0 Å². The molecule has 1 unspecified atom stereocenters. The first kappa shape index (κ1) is 7.03. The van der Waals surface area contributed by atoms with E-state index in [-0.39, 0.29) is 6.52 Å². The van der Waals surface area contributed by atoms with E-state index < -0.39 is 0 Å². The van der Waals surface area contributed by atoms with Crippen LogP contribution in [-0.4, -0.2) is 51.1 Å². The van der Waals surface area contributed by atoms with Crippen LogP contribution in [0.5, 0.6) is 0 Å².